The molecule has 6 rings (SSSR count). The number of piperidine rings is 1. The van der Waals surface area contributed by atoms with Gasteiger partial charge in [-0.25, -0.2) is 8.42 Å². The van der Waals surface area contributed by atoms with Crippen LogP contribution in [0.15, 0.2) is 59.5 Å². The lowest BCUT2D eigenvalue weighted by Gasteiger charge is -2.48. The van der Waals surface area contributed by atoms with Gasteiger partial charge in [0.05, 0.1) is 21.6 Å². The molecule has 2 saturated heterocycles. The van der Waals surface area contributed by atoms with Gasteiger partial charge in [0, 0.05) is 43.7 Å². The van der Waals surface area contributed by atoms with E-state index in [4.69, 9.17) is 0 Å². The molecule has 2 aliphatic carbocycles. The van der Waals surface area contributed by atoms with E-state index >= 15 is 0 Å². The first-order valence-electron chi connectivity index (χ1n) is 15.9. The fraction of sp³-hybridized carbons (Fsp3) is 0.588. The van der Waals surface area contributed by atoms with Gasteiger partial charge in [-0.05, 0) is 100 Å². The summed E-state index contributed by atoms with van der Waals surface area (Å²) in [6.07, 6.45) is 6.30. The van der Waals surface area contributed by atoms with Crippen molar-refractivity contribution in [1.82, 2.24) is 10.2 Å². The third kappa shape index (κ3) is 5.46. The average Bonchev–Trinajstić information content (AvgIpc) is 3.75. The van der Waals surface area contributed by atoms with E-state index in [2.05, 4.69) is 33.3 Å². The second-order valence-electron chi connectivity index (χ2n) is 13.0. The maximum atomic E-state index is 13.1. The summed E-state index contributed by atoms with van der Waals surface area (Å²) < 4.78 is 25.0. The summed E-state index contributed by atoms with van der Waals surface area (Å²) >= 11 is 0. The first-order chi connectivity index (χ1) is 20.4. The Kier molecular flexibility index (Phi) is 8.35. The molecule has 0 spiro atoms. The van der Waals surface area contributed by atoms with Gasteiger partial charge >= 0.3 is 0 Å². The van der Waals surface area contributed by atoms with Crippen LogP contribution in [0, 0.1) is 35.0 Å². The van der Waals surface area contributed by atoms with Crippen LogP contribution in [-0.4, -0.2) is 63.7 Å². The number of nitrogens with one attached hydrogen (secondary N) is 1. The van der Waals surface area contributed by atoms with Gasteiger partial charge in [-0.2, -0.15) is 5.26 Å². The van der Waals surface area contributed by atoms with E-state index in [1.165, 1.54) is 0 Å². The fourth-order valence-electron chi connectivity index (χ4n) is 8.08. The molecule has 7 nitrogen and oxygen atoms in total. The number of nitrogens with zero attached hydrogens (tertiary/aromatic N) is 3. The standard InChI is InChI=1S/C34H44N4O3S/c1-2-36-33(39)31-9-6-10-32(31)34(24-35,26-7-4-3-5-8-26)27-17-19-37(20-18-27)21-25-22-38(23-25)28-11-13-29(14-12-28)42(40,41)30-15-16-30/h3-5,7-8,11-14,25,27,30-32H,2,6,9-10,15-23H2,1H3,(H,36,39)/t31-,32-,34?/m0/s1. The van der Waals surface area contributed by atoms with E-state index in [1.54, 1.807) is 12.1 Å². The molecular formula is C34H44N4O3S. The lowest BCUT2D eigenvalue weighted by molar-refractivity contribution is -0.126. The number of benzene rings is 2. The lowest BCUT2D eigenvalue weighted by atomic mass is 9.58. The summed E-state index contributed by atoms with van der Waals surface area (Å²) in [6.45, 7) is 7.55. The first kappa shape index (κ1) is 29.2. The summed E-state index contributed by atoms with van der Waals surface area (Å²) in [5, 5.41) is 13.8. The molecule has 2 aliphatic heterocycles. The number of hydrogen-bond acceptors (Lipinski definition) is 6. The molecule has 0 radical (unpaired) electrons. The van der Waals surface area contributed by atoms with E-state index in [9.17, 15) is 18.5 Å². The number of sulfone groups is 1. The van der Waals surface area contributed by atoms with Gasteiger partial charge in [-0.1, -0.05) is 36.8 Å². The van der Waals surface area contributed by atoms with Gasteiger partial charge in [0.25, 0.3) is 0 Å². The third-order valence-corrected chi connectivity index (χ3v) is 12.7. The molecule has 0 bridgehead atoms. The number of hydrogen-bond donors (Lipinski definition) is 1. The minimum Gasteiger partial charge on any atom is -0.371 e. The molecule has 3 atom stereocenters. The molecule has 2 aromatic carbocycles. The molecule has 2 aromatic rings. The Morgan fingerprint density at radius 2 is 1.67 bits per heavy atom. The van der Waals surface area contributed by atoms with Crippen LogP contribution in [0.3, 0.4) is 0 Å². The minimum absolute atomic E-state index is 0.0406. The van der Waals surface area contributed by atoms with Crippen LogP contribution < -0.4 is 10.2 Å². The van der Waals surface area contributed by atoms with E-state index in [-0.39, 0.29) is 28.9 Å². The maximum Gasteiger partial charge on any atom is 0.223 e. The van der Waals surface area contributed by atoms with Crippen LogP contribution in [0.25, 0.3) is 0 Å². The molecule has 1 amide bonds. The first-order valence-corrected chi connectivity index (χ1v) is 17.5. The predicted octanol–water partition coefficient (Wildman–Crippen LogP) is 4.78. The SMILES string of the molecule is CCNC(=O)[C@H]1CCC[C@@H]1C(C#N)(c1ccccc1)C1CCN(CC2CN(c3ccc(S(=O)(=O)C4CC4)cc3)C2)CC1. The van der Waals surface area contributed by atoms with Crippen molar-refractivity contribution >= 4 is 21.4 Å². The van der Waals surface area contributed by atoms with E-state index < -0.39 is 15.3 Å². The van der Waals surface area contributed by atoms with Gasteiger partial charge in [0.15, 0.2) is 9.84 Å². The number of likely N-dealkylation sites (tertiary alicyclic amines) is 1. The van der Waals surface area contributed by atoms with Crippen molar-refractivity contribution < 1.29 is 13.2 Å². The van der Waals surface area contributed by atoms with Crippen LogP contribution in [0.5, 0.6) is 0 Å². The molecule has 224 valence electrons. The zero-order chi connectivity index (χ0) is 29.3. The summed E-state index contributed by atoms with van der Waals surface area (Å²) in [5.41, 5.74) is 1.53. The highest BCUT2D eigenvalue weighted by molar-refractivity contribution is 7.92. The molecule has 1 unspecified atom stereocenters. The summed E-state index contributed by atoms with van der Waals surface area (Å²) in [6, 6.07) is 20.6. The van der Waals surface area contributed by atoms with Crippen molar-refractivity contribution in [2.75, 3.05) is 44.2 Å². The van der Waals surface area contributed by atoms with Crippen LogP contribution in [-0.2, 0) is 20.0 Å². The van der Waals surface area contributed by atoms with Crippen molar-refractivity contribution in [1.29, 1.82) is 5.26 Å². The molecule has 1 N–H and O–H groups in total. The largest absolute Gasteiger partial charge is 0.371 e. The quantitative estimate of drug-likeness (QED) is 0.429. The van der Waals surface area contributed by atoms with Gasteiger partial charge in [-0.15, -0.1) is 0 Å². The Balaban J connectivity index is 1.08. The predicted molar refractivity (Wildman–Crippen MR) is 165 cm³/mol. The Hall–Kier alpha value is -2.89. The van der Waals surface area contributed by atoms with Gasteiger partial charge in [-0.3, -0.25) is 4.79 Å². The number of rotatable bonds is 10. The van der Waals surface area contributed by atoms with Crippen molar-refractivity contribution in [3.05, 3.63) is 60.2 Å². The molecule has 42 heavy (non-hydrogen) atoms. The number of amides is 1. The average molecular weight is 589 g/mol. The summed E-state index contributed by atoms with van der Waals surface area (Å²) in [4.78, 5) is 18.5. The molecule has 2 saturated carbocycles. The monoisotopic (exact) mass is 588 g/mol. The Labute approximate surface area is 251 Å². The summed E-state index contributed by atoms with van der Waals surface area (Å²) in [5.74, 6) is 0.861. The fourth-order valence-corrected chi connectivity index (χ4v) is 9.74. The number of carbonyl (C=O) groups excluding carboxylic acids is 1. The zero-order valence-electron chi connectivity index (χ0n) is 24.7. The van der Waals surface area contributed by atoms with Crippen LogP contribution in [0.1, 0.15) is 57.4 Å². The molecule has 0 aromatic heterocycles. The smallest absolute Gasteiger partial charge is 0.223 e. The molecule has 4 fully saturated rings. The Morgan fingerprint density at radius 1 is 0.976 bits per heavy atom. The van der Waals surface area contributed by atoms with Crippen molar-refractivity contribution in [2.45, 2.75) is 67.4 Å². The van der Waals surface area contributed by atoms with Crippen molar-refractivity contribution in [3.63, 3.8) is 0 Å². The Morgan fingerprint density at radius 3 is 2.29 bits per heavy atom. The number of anilines is 1. The topological polar surface area (TPSA) is 93.5 Å². The molecule has 8 heteroatoms. The van der Waals surface area contributed by atoms with Gasteiger partial charge in [0.2, 0.25) is 5.91 Å². The number of nitriles is 1. The third-order valence-electron chi connectivity index (χ3n) is 10.4. The number of carbonyl (C=O) groups is 1. The van der Waals surface area contributed by atoms with E-state index in [1.807, 2.05) is 37.3 Å². The highest BCUT2D eigenvalue weighted by Gasteiger charge is 2.53. The second kappa shape index (κ2) is 12.0. The van der Waals surface area contributed by atoms with E-state index in [0.29, 0.717) is 17.4 Å². The maximum absolute atomic E-state index is 13.1. The van der Waals surface area contributed by atoms with Crippen LogP contribution >= 0.6 is 0 Å². The Bertz CT molecular complexity index is 1390. The van der Waals surface area contributed by atoms with E-state index in [0.717, 1.165) is 88.9 Å². The minimum atomic E-state index is -3.14. The summed E-state index contributed by atoms with van der Waals surface area (Å²) in [7, 11) is -3.14. The lowest BCUT2D eigenvalue weighted by Crippen LogP contribution is -2.54. The second-order valence-corrected chi connectivity index (χ2v) is 15.2. The molecular weight excluding hydrogens is 544 g/mol. The highest BCUT2D eigenvalue weighted by Crippen LogP contribution is 2.52. The normalized spacial score (nSPS) is 25.4. The van der Waals surface area contributed by atoms with Gasteiger partial charge < -0.3 is 15.1 Å². The van der Waals surface area contributed by atoms with Crippen LogP contribution in [0.2, 0.25) is 0 Å². The molecule has 4 aliphatic rings. The van der Waals surface area contributed by atoms with Crippen LogP contribution in [0.4, 0.5) is 5.69 Å². The molecule has 2 heterocycles. The van der Waals surface area contributed by atoms with Crippen molar-refractivity contribution in [3.8, 4) is 6.07 Å². The zero-order valence-corrected chi connectivity index (χ0v) is 25.6. The van der Waals surface area contributed by atoms with Crippen molar-refractivity contribution in [2.24, 2.45) is 23.7 Å². The van der Waals surface area contributed by atoms with Gasteiger partial charge in [0.1, 0.15) is 0 Å². The highest BCUT2D eigenvalue weighted by atomic mass is 32.2.